The number of aryl methyl sites for hydroxylation is 1. The fourth-order valence-electron chi connectivity index (χ4n) is 2.56. The lowest BCUT2D eigenvalue weighted by Crippen LogP contribution is -2.46. The molecule has 0 amide bonds. The third-order valence-corrected chi connectivity index (χ3v) is 5.70. The number of benzene rings is 1. The summed E-state index contributed by atoms with van der Waals surface area (Å²) in [5.41, 5.74) is 0.940. The molecular weight excluding hydrogens is 306 g/mol. The molecule has 0 radical (unpaired) electrons. The summed E-state index contributed by atoms with van der Waals surface area (Å²) in [4.78, 5) is 12.2. The Morgan fingerprint density at radius 3 is 2.50 bits per heavy atom. The minimum atomic E-state index is -3.86. The topological polar surface area (TPSA) is 83.9 Å². The summed E-state index contributed by atoms with van der Waals surface area (Å²) in [6, 6.07) is 5.20. The average Bonchev–Trinajstić information content (AvgIpc) is 2.76. The Morgan fingerprint density at radius 1 is 1.36 bits per heavy atom. The van der Waals surface area contributed by atoms with Crippen LogP contribution >= 0.6 is 0 Å². The van der Waals surface area contributed by atoms with Crippen LogP contribution in [0.15, 0.2) is 29.2 Å². The SMILES string of the molecule is CCOC(=O)[C@H]1[C@H](O)[C@@H](C)CN1S(=O)(=O)c1ccc(C)cc1. The molecule has 6 nitrogen and oxygen atoms in total. The predicted molar refractivity (Wildman–Crippen MR) is 80.7 cm³/mol. The molecule has 1 heterocycles. The van der Waals surface area contributed by atoms with Crippen molar-refractivity contribution in [1.29, 1.82) is 0 Å². The van der Waals surface area contributed by atoms with Gasteiger partial charge in [0.05, 0.1) is 17.6 Å². The van der Waals surface area contributed by atoms with Gasteiger partial charge in [-0.15, -0.1) is 0 Å². The fourth-order valence-corrected chi connectivity index (χ4v) is 4.26. The van der Waals surface area contributed by atoms with Crippen molar-refractivity contribution < 1.29 is 23.1 Å². The van der Waals surface area contributed by atoms with E-state index in [1.807, 2.05) is 6.92 Å². The van der Waals surface area contributed by atoms with Crippen LogP contribution in [0.5, 0.6) is 0 Å². The van der Waals surface area contributed by atoms with Gasteiger partial charge < -0.3 is 9.84 Å². The molecule has 0 unspecified atom stereocenters. The first-order valence-electron chi connectivity index (χ1n) is 7.22. The van der Waals surface area contributed by atoms with Gasteiger partial charge in [-0.25, -0.2) is 8.42 Å². The second-order valence-corrected chi connectivity index (χ2v) is 7.44. The van der Waals surface area contributed by atoms with Crippen LogP contribution < -0.4 is 0 Å². The number of ether oxygens (including phenoxy) is 1. The molecule has 0 saturated carbocycles. The summed E-state index contributed by atoms with van der Waals surface area (Å²) < 4.78 is 31.5. The Kier molecular flexibility index (Phi) is 4.89. The van der Waals surface area contributed by atoms with E-state index in [4.69, 9.17) is 4.74 Å². The first kappa shape index (κ1) is 16.9. The van der Waals surface area contributed by atoms with Crippen molar-refractivity contribution in [3.8, 4) is 0 Å². The third kappa shape index (κ3) is 3.02. The van der Waals surface area contributed by atoms with Crippen LogP contribution in [0, 0.1) is 12.8 Å². The molecule has 1 aliphatic rings. The Balaban J connectivity index is 2.39. The largest absolute Gasteiger partial charge is 0.465 e. The maximum atomic E-state index is 12.8. The molecule has 2 rings (SSSR count). The molecule has 0 aromatic heterocycles. The van der Waals surface area contributed by atoms with E-state index in [9.17, 15) is 18.3 Å². The van der Waals surface area contributed by atoms with Crippen LogP contribution in [0.2, 0.25) is 0 Å². The number of carbonyl (C=O) groups is 1. The molecule has 0 aliphatic carbocycles. The van der Waals surface area contributed by atoms with Gasteiger partial charge in [0.1, 0.15) is 6.04 Å². The average molecular weight is 327 g/mol. The van der Waals surface area contributed by atoms with Crippen molar-refractivity contribution in [3.63, 3.8) is 0 Å². The summed E-state index contributed by atoms with van der Waals surface area (Å²) in [6.07, 6.45) is -1.07. The molecule has 22 heavy (non-hydrogen) atoms. The van der Waals surface area contributed by atoms with Crippen LogP contribution in [0.25, 0.3) is 0 Å². The molecule has 1 aliphatic heterocycles. The third-order valence-electron chi connectivity index (χ3n) is 3.84. The number of esters is 1. The van der Waals surface area contributed by atoms with Gasteiger partial charge in [0.2, 0.25) is 10.0 Å². The lowest BCUT2D eigenvalue weighted by Gasteiger charge is -2.24. The van der Waals surface area contributed by atoms with Gasteiger partial charge in [-0.2, -0.15) is 4.31 Å². The predicted octanol–water partition coefficient (Wildman–Crippen LogP) is 0.928. The molecule has 1 N–H and O–H groups in total. The molecule has 3 atom stereocenters. The van der Waals surface area contributed by atoms with E-state index in [0.717, 1.165) is 9.87 Å². The van der Waals surface area contributed by atoms with E-state index >= 15 is 0 Å². The first-order valence-corrected chi connectivity index (χ1v) is 8.66. The van der Waals surface area contributed by atoms with E-state index in [-0.39, 0.29) is 24.0 Å². The summed E-state index contributed by atoms with van der Waals surface area (Å²) >= 11 is 0. The van der Waals surface area contributed by atoms with Crippen LogP contribution in [-0.2, 0) is 19.6 Å². The normalized spacial score (nSPS) is 26.1. The molecule has 1 aromatic rings. The quantitative estimate of drug-likeness (QED) is 0.832. The molecule has 1 aromatic carbocycles. The van der Waals surface area contributed by atoms with Gasteiger partial charge in [-0.05, 0) is 31.9 Å². The van der Waals surface area contributed by atoms with Crippen LogP contribution in [0.3, 0.4) is 0 Å². The van der Waals surface area contributed by atoms with Gasteiger partial charge in [-0.1, -0.05) is 24.6 Å². The van der Waals surface area contributed by atoms with Crippen molar-refractivity contribution in [2.24, 2.45) is 5.92 Å². The summed E-state index contributed by atoms with van der Waals surface area (Å²) in [5.74, 6) is -1.05. The van der Waals surface area contributed by atoms with Gasteiger partial charge in [-0.3, -0.25) is 4.79 Å². The second kappa shape index (κ2) is 6.36. The first-order chi connectivity index (χ1) is 10.3. The fraction of sp³-hybridized carbons (Fsp3) is 0.533. The number of aliphatic hydroxyl groups is 1. The lowest BCUT2D eigenvalue weighted by atomic mass is 10.0. The van der Waals surface area contributed by atoms with Crippen LogP contribution in [0.1, 0.15) is 19.4 Å². The van der Waals surface area contributed by atoms with Gasteiger partial charge in [0.25, 0.3) is 0 Å². The van der Waals surface area contributed by atoms with Crippen molar-refractivity contribution in [2.75, 3.05) is 13.2 Å². The minimum absolute atomic E-state index is 0.0842. The van der Waals surface area contributed by atoms with Crippen molar-refractivity contribution >= 4 is 16.0 Å². The second-order valence-electron chi connectivity index (χ2n) is 5.55. The molecule has 1 saturated heterocycles. The molecular formula is C15H21NO5S. The summed E-state index contributed by atoms with van der Waals surface area (Å²) in [7, 11) is -3.86. The van der Waals surface area contributed by atoms with E-state index in [2.05, 4.69) is 0 Å². The number of nitrogens with zero attached hydrogens (tertiary/aromatic N) is 1. The Bertz CT molecular complexity index is 640. The zero-order valence-corrected chi connectivity index (χ0v) is 13.7. The van der Waals surface area contributed by atoms with E-state index in [1.54, 1.807) is 26.0 Å². The van der Waals surface area contributed by atoms with E-state index in [1.165, 1.54) is 12.1 Å². The number of aliphatic hydroxyl groups excluding tert-OH is 1. The highest BCUT2D eigenvalue weighted by Crippen LogP contribution is 2.30. The number of hydrogen-bond donors (Lipinski definition) is 1. The molecule has 7 heteroatoms. The Labute approximate surface area is 130 Å². The molecule has 0 spiro atoms. The standard InChI is InChI=1S/C15H21NO5S/c1-4-21-15(18)13-14(17)11(3)9-16(13)22(19,20)12-7-5-10(2)6-8-12/h5-8,11,13-14,17H,4,9H2,1-3H3/t11-,13+,14+/m0/s1. The van der Waals surface area contributed by atoms with Crippen molar-refractivity contribution in [2.45, 2.75) is 37.8 Å². The van der Waals surface area contributed by atoms with Gasteiger partial charge in [0, 0.05) is 6.54 Å². The zero-order valence-electron chi connectivity index (χ0n) is 12.9. The summed E-state index contributed by atoms with van der Waals surface area (Å²) in [5, 5.41) is 10.2. The number of sulfonamides is 1. The highest BCUT2D eigenvalue weighted by Gasteiger charge is 2.49. The molecule has 0 bridgehead atoms. The maximum absolute atomic E-state index is 12.8. The smallest absolute Gasteiger partial charge is 0.327 e. The Hall–Kier alpha value is -1.44. The monoisotopic (exact) mass is 327 g/mol. The van der Waals surface area contributed by atoms with E-state index in [0.29, 0.717) is 0 Å². The van der Waals surface area contributed by atoms with Crippen LogP contribution in [0.4, 0.5) is 0 Å². The number of hydrogen-bond acceptors (Lipinski definition) is 5. The summed E-state index contributed by atoms with van der Waals surface area (Å²) in [6.45, 7) is 5.43. The van der Waals surface area contributed by atoms with Crippen molar-refractivity contribution in [1.82, 2.24) is 4.31 Å². The van der Waals surface area contributed by atoms with E-state index < -0.39 is 28.1 Å². The number of carbonyl (C=O) groups excluding carboxylic acids is 1. The van der Waals surface area contributed by atoms with Gasteiger partial charge >= 0.3 is 5.97 Å². The van der Waals surface area contributed by atoms with Crippen LogP contribution in [-0.4, -0.2) is 49.1 Å². The minimum Gasteiger partial charge on any atom is -0.465 e. The molecule has 122 valence electrons. The highest BCUT2D eigenvalue weighted by molar-refractivity contribution is 7.89. The van der Waals surface area contributed by atoms with Crippen molar-refractivity contribution in [3.05, 3.63) is 29.8 Å². The maximum Gasteiger partial charge on any atom is 0.327 e. The molecule has 1 fully saturated rings. The highest BCUT2D eigenvalue weighted by atomic mass is 32.2. The van der Waals surface area contributed by atoms with Gasteiger partial charge in [0.15, 0.2) is 0 Å². The number of rotatable bonds is 4. The zero-order chi connectivity index (χ0) is 16.5. The Morgan fingerprint density at radius 2 is 1.95 bits per heavy atom. The lowest BCUT2D eigenvalue weighted by molar-refractivity contribution is -0.149.